The molecule has 0 fully saturated rings. The highest BCUT2D eigenvalue weighted by Gasteiger charge is 2.11. The number of carbonyl (C=O) groups excluding carboxylic acids is 1. The van der Waals surface area contributed by atoms with Gasteiger partial charge in [0.25, 0.3) is 0 Å². The number of benzene rings is 1. The molecule has 0 amide bonds. The summed E-state index contributed by atoms with van der Waals surface area (Å²) in [5, 5.41) is 0. The summed E-state index contributed by atoms with van der Waals surface area (Å²) in [6.45, 7) is 7.76. The van der Waals surface area contributed by atoms with E-state index in [1.165, 1.54) is 0 Å². The first kappa shape index (κ1) is 12.5. The summed E-state index contributed by atoms with van der Waals surface area (Å²) in [6, 6.07) is 5.72. The molecule has 0 N–H and O–H groups in total. The van der Waals surface area contributed by atoms with Crippen LogP contribution in [0.25, 0.3) is 0 Å². The van der Waals surface area contributed by atoms with Crippen molar-refractivity contribution in [3.63, 3.8) is 0 Å². The molecule has 0 heterocycles. The summed E-state index contributed by atoms with van der Waals surface area (Å²) in [6.07, 6.45) is 2.49. The lowest BCUT2D eigenvalue weighted by atomic mass is 10.1. The van der Waals surface area contributed by atoms with Crippen LogP contribution in [0.5, 0.6) is 5.75 Å². The number of carbonyl (C=O) groups is 1. The van der Waals surface area contributed by atoms with E-state index < -0.39 is 0 Å². The molecule has 16 heavy (non-hydrogen) atoms. The van der Waals surface area contributed by atoms with Crippen molar-refractivity contribution in [2.24, 2.45) is 0 Å². The normalized spacial score (nSPS) is 11.4. The van der Waals surface area contributed by atoms with Crippen LogP contribution >= 0.6 is 0 Å². The van der Waals surface area contributed by atoms with Crippen LogP contribution in [0.1, 0.15) is 31.4 Å². The molecule has 1 aromatic rings. The molecule has 0 atom stereocenters. The molecule has 0 aliphatic carbocycles. The number of rotatable bonds is 3. The maximum atomic E-state index is 11.7. The predicted octanol–water partition coefficient (Wildman–Crippen LogP) is 3.57. The molecule has 0 unspecified atom stereocenters. The van der Waals surface area contributed by atoms with Crippen molar-refractivity contribution in [3.05, 3.63) is 41.0 Å². The fourth-order valence-corrected chi connectivity index (χ4v) is 1.47. The monoisotopic (exact) mass is 218 g/mol. The van der Waals surface area contributed by atoms with Gasteiger partial charge in [0.15, 0.2) is 0 Å². The molecule has 0 bridgehead atoms. The van der Waals surface area contributed by atoms with Crippen LogP contribution in [0.3, 0.4) is 0 Å². The summed E-state index contributed by atoms with van der Waals surface area (Å²) in [5.74, 6) is 0.400. The Balaban J connectivity index is 2.89. The van der Waals surface area contributed by atoms with Crippen molar-refractivity contribution in [1.29, 1.82) is 0 Å². The van der Waals surface area contributed by atoms with Crippen molar-refractivity contribution in [3.8, 4) is 5.75 Å². The van der Waals surface area contributed by atoms with Crippen LogP contribution in [0.15, 0.2) is 29.8 Å². The van der Waals surface area contributed by atoms with Gasteiger partial charge in [-0.05, 0) is 44.4 Å². The Labute approximate surface area is 96.9 Å². The minimum atomic E-state index is -0.251. The van der Waals surface area contributed by atoms with E-state index in [-0.39, 0.29) is 5.97 Å². The summed E-state index contributed by atoms with van der Waals surface area (Å²) < 4.78 is 5.36. The molecular weight excluding hydrogens is 200 g/mol. The Morgan fingerprint density at radius 1 is 1.38 bits per heavy atom. The summed E-state index contributed by atoms with van der Waals surface area (Å²) in [5.41, 5.74) is 2.85. The minimum Gasteiger partial charge on any atom is -0.423 e. The second-order valence-electron chi connectivity index (χ2n) is 3.76. The third-order valence-corrected chi connectivity index (χ3v) is 2.75. The third-order valence-electron chi connectivity index (χ3n) is 2.75. The molecule has 1 aromatic carbocycles. The van der Waals surface area contributed by atoms with Crippen molar-refractivity contribution >= 4 is 5.97 Å². The zero-order valence-electron chi connectivity index (χ0n) is 10.3. The van der Waals surface area contributed by atoms with Gasteiger partial charge in [0, 0.05) is 5.57 Å². The lowest BCUT2D eigenvalue weighted by Gasteiger charge is -2.10. The Morgan fingerprint density at radius 3 is 2.62 bits per heavy atom. The van der Waals surface area contributed by atoms with E-state index >= 15 is 0 Å². The quantitative estimate of drug-likeness (QED) is 0.440. The first-order valence-corrected chi connectivity index (χ1v) is 5.53. The van der Waals surface area contributed by atoms with Crippen LogP contribution in [-0.4, -0.2) is 5.97 Å². The van der Waals surface area contributed by atoms with E-state index in [0.29, 0.717) is 17.7 Å². The van der Waals surface area contributed by atoms with Crippen molar-refractivity contribution < 1.29 is 9.53 Å². The molecule has 0 saturated carbocycles. The van der Waals surface area contributed by atoms with Gasteiger partial charge in [-0.25, -0.2) is 4.79 Å². The number of aryl methyl sites for hydroxylation is 1. The van der Waals surface area contributed by atoms with Crippen molar-refractivity contribution in [2.45, 2.75) is 34.1 Å². The van der Waals surface area contributed by atoms with E-state index in [1.54, 1.807) is 6.08 Å². The SMILES string of the molecule is CC=C(CC)C(=O)Oc1cccc(C)c1C. The molecule has 1 rings (SSSR count). The fraction of sp³-hybridized carbons (Fsp3) is 0.357. The second kappa shape index (κ2) is 5.50. The molecule has 0 aromatic heterocycles. The number of esters is 1. The molecule has 86 valence electrons. The predicted molar refractivity (Wildman–Crippen MR) is 65.6 cm³/mol. The van der Waals surface area contributed by atoms with Crippen LogP contribution in [0.4, 0.5) is 0 Å². The van der Waals surface area contributed by atoms with Gasteiger partial charge in [-0.1, -0.05) is 25.1 Å². The number of allylic oxidation sites excluding steroid dienone is 1. The van der Waals surface area contributed by atoms with Gasteiger partial charge in [0.05, 0.1) is 0 Å². The molecule has 0 aliphatic rings. The zero-order chi connectivity index (χ0) is 12.1. The molecule has 0 aliphatic heterocycles. The number of hydrogen-bond donors (Lipinski definition) is 0. The van der Waals surface area contributed by atoms with E-state index in [1.807, 2.05) is 45.9 Å². The van der Waals surface area contributed by atoms with Crippen LogP contribution in [0, 0.1) is 13.8 Å². The lowest BCUT2D eigenvalue weighted by Crippen LogP contribution is -2.11. The Bertz CT molecular complexity index is 417. The topological polar surface area (TPSA) is 26.3 Å². The van der Waals surface area contributed by atoms with Gasteiger partial charge in [0.2, 0.25) is 0 Å². The maximum absolute atomic E-state index is 11.7. The van der Waals surface area contributed by atoms with Crippen molar-refractivity contribution in [1.82, 2.24) is 0 Å². The van der Waals surface area contributed by atoms with Gasteiger partial charge in [0.1, 0.15) is 5.75 Å². The van der Waals surface area contributed by atoms with Gasteiger partial charge in [-0.3, -0.25) is 0 Å². The molecule has 2 heteroatoms. The Morgan fingerprint density at radius 2 is 2.06 bits per heavy atom. The highest BCUT2D eigenvalue weighted by atomic mass is 16.5. The molecule has 0 saturated heterocycles. The van der Waals surface area contributed by atoms with E-state index in [4.69, 9.17) is 4.74 Å². The van der Waals surface area contributed by atoms with Crippen LogP contribution < -0.4 is 4.74 Å². The number of hydrogen-bond acceptors (Lipinski definition) is 2. The fourth-order valence-electron chi connectivity index (χ4n) is 1.47. The van der Waals surface area contributed by atoms with E-state index in [2.05, 4.69) is 0 Å². The van der Waals surface area contributed by atoms with Crippen LogP contribution in [-0.2, 0) is 4.79 Å². The van der Waals surface area contributed by atoms with Gasteiger partial charge in [-0.2, -0.15) is 0 Å². The largest absolute Gasteiger partial charge is 0.423 e. The Hall–Kier alpha value is -1.57. The Kier molecular flexibility index (Phi) is 4.29. The van der Waals surface area contributed by atoms with Crippen molar-refractivity contribution in [2.75, 3.05) is 0 Å². The van der Waals surface area contributed by atoms with Gasteiger partial charge >= 0.3 is 5.97 Å². The third kappa shape index (κ3) is 2.72. The van der Waals surface area contributed by atoms with Gasteiger partial charge < -0.3 is 4.74 Å². The second-order valence-corrected chi connectivity index (χ2v) is 3.76. The standard InChI is InChI=1S/C14H18O2/c1-5-12(6-2)14(15)16-13-9-7-8-10(3)11(13)4/h5,7-9H,6H2,1-4H3. The summed E-state index contributed by atoms with van der Waals surface area (Å²) >= 11 is 0. The first-order chi connectivity index (χ1) is 7.60. The average Bonchev–Trinajstić information content (AvgIpc) is 2.26. The van der Waals surface area contributed by atoms with E-state index in [9.17, 15) is 4.79 Å². The molecular formula is C14H18O2. The lowest BCUT2D eigenvalue weighted by molar-refractivity contribution is -0.130. The minimum absolute atomic E-state index is 0.251. The smallest absolute Gasteiger partial charge is 0.339 e. The maximum Gasteiger partial charge on any atom is 0.339 e. The molecule has 0 spiro atoms. The van der Waals surface area contributed by atoms with Crippen LogP contribution in [0.2, 0.25) is 0 Å². The molecule has 2 nitrogen and oxygen atoms in total. The van der Waals surface area contributed by atoms with Gasteiger partial charge in [-0.15, -0.1) is 0 Å². The highest BCUT2D eigenvalue weighted by molar-refractivity contribution is 5.90. The van der Waals surface area contributed by atoms with E-state index in [0.717, 1.165) is 11.1 Å². The first-order valence-electron chi connectivity index (χ1n) is 5.53. The summed E-state index contributed by atoms with van der Waals surface area (Å²) in [7, 11) is 0. The average molecular weight is 218 g/mol. The zero-order valence-corrected chi connectivity index (χ0v) is 10.3. The number of ether oxygens (including phenoxy) is 1. The molecule has 0 radical (unpaired) electrons. The highest BCUT2D eigenvalue weighted by Crippen LogP contribution is 2.21. The summed E-state index contributed by atoms with van der Waals surface area (Å²) in [4.78, 5) is 11.7.